The number of para-hydroxylation sites is 1. The summed E-state index contributed by atoms with van der Waals surface area (Å²) in [6, 6.07) is 10.2. The van der Waals surface area contributed by atoms with Gasteiger partial charge in [0, 0.05) is 0 Å². The van der Waals surface area contributed by atoms with Crippen LogP contribution >= 0.6 is 27.5 Å². The molecule has 4 rings (SSSR count). The van der Waals surface area contributed by atoms with Crippen LogP contribution in [0.15, 0.2) is 45.7 Å². The van der Waals surface area contributed by atoms with E-state index < -0.39 is 0 Å². The molecule has 2 heterocycles. The van der Waals surface area contributed by atoms with Crippen molar-refractivity contribution < 1.29 is 4.79 Å². The van der Waals surface area contributed by atoms with Crippen LogP contribution in [0.3, 0.4) is 0 Å². The third kappa shape index (κ3) is 1.58. The number of halogens is 2. The first-order valence-electron chi connectivity index (χ1n) is 6.14. The third-order valence-electron chi connectivity index (χ3n) is 3.52. The molecule has 102 valence electrons. The predicted octanol–water partition coefficient (Wildman–Crippen LogP) is 3.35. The highest BCUT2D eigenvalue weighted by molar-refractivity contribution is 9.10. The molecule has 3 aromatic rings. The SMILES string of the molecule is O=C1c2ccc(Cl)c(Br)c2-n2c1nc1ccccc1c2=O. The minimum absolute atomic E-state index is 0.122. The molecule has 2 aromatic carbocycles. The fourth-order valence-corrected chi connectivity index (χ4v) is 3.23. The molecule has 0 fully saturated rings. The maximum absolute atomic E-state index is 12.7. The maximum Gasteiger partial charge on any atom is 0.266 e. The highest BCUT2D eigenvalue weighted by Gasteiger charge is 2.32. The molecule has 0 bridgehead atoms. The lowest BCUT2D eigenvalue weighted by atomic mass is 10.1. The van der Waals surface area contributed by atoms with Crippen molar-refractivity contribution in [3.05, 3.63) is 67.6 Å². The normalized spacial score (nSPS) is 12.6. The van der Waals surface area contributed by atoms with Gasteiger partial charge in [0.1, 0.15) is 0 Å². The van der Waals surface area contributed by atoms with Gasteiger partial charge in [-0.05, 0) is 40.2 Å². The van der Waals surface area contributed by atoms with Crippen molar-refractivity contribution in [1.82, 2.24) is 9.55 Å². The van der Waals surface area contributed by atoms with Gasteiger partial charge < -0.3 is 0 Å². The number of hydrogen-bond acceptors (Lipinski definition) is 3. The first kappa shape index (κ1) is 12.7. The molecule has 0 unspecified atom stereocenters. The molecule has 4 nitrogen and oxygen atoms in total. The predicted molar refractivity (Wildman–Crippen MR) is 83.5 cm³/mol. The number of carbonyl (C=O) groups is 1. The lowest BCUT2D eigenvalue weighted by Gasteiger charge is -2.08. The van der Waals surface area contributed by atoms with E-state index >= 15 is 0 Å². The molecule has 1 aliphatic heterocycles. The van der Waals surface area contributed by atoms with Gasteiger partial charge in [-0.15, -0.1) is 0 Å². The molecular weight excluding hydrogens is 356 g/mol. The van der Waals surface area contributed by atoms with Gasteiger partial charge in [-0.2, -0.15) is 0 Å². The zero-order valence-electron chi connectivity index (χ0n) is 10.4. The summed E-state index contributed by atoms with van der Waals surface area (Å²) in [6.07, 6.45) is 0. The topological polar surface area (TPSA) is 52.0 Å². The van der Waals surface area contributed by atoms with Crippen LogP contribution in [0.25, 0.3) is 16.6 Å². The molecule has 0 atom stereocenters. The van der Waals surface area contributed by atoms with Crippen molar-refractivity contribution in [3.63, 3.8) is 0 Å². The summed E-state index contributed by atoms with van der Waals surface area (Å²) >= 11 is 9.44. The van der Waals surface area contributed by atoms with Crippen LogP contribution in [0.4, 0.5) is 0 Å². The first-order valence-corrected chi connectivity index (χ1v) is 7.31. The van der Waals surface area contributed by atoms with E-state index in [1.807, 2.05) is 0 Å². The van der Waals surface area contributed by atoms with Crippen LogP contribution in [-0.2, 0) is 0 Å². The van der Waals surface area contributed by atoms with E-state index in [0.717, 1.165) is 0 Å². The number of hydrogen-bond donors (Lipinski definition) is 0. The summed E-state index contributed by atoms with van der Waals surface area (Å²) in [4.78, 5) is 29.5. The smallest absolute Gasteiger partial charge is 0.266 e. The Hall–Kier alpha value is -1.98. The molecule has 21 heavy (non-hydrogen) atoms. The molecule has 0 spiro atoms. The van der Waals surface area contributed by atoms with E-state index in [4.69, 9.17) is 11.6 Å². The molecule has 0 saturated heterocycles. The summed E-state index contributed by atoms with van der Waals surface area (Å²) in [5, 5.41) is 0.906. The second-order valence-corrected chi connectivity index (χ2v) is 5.88. The Morgan fingerprint density at radius 2 is 1.86 bits per heavy atom. The third-order valence-corrected chi connectivity index (χ3v) is 4.86. The van der Waals surface area contributed by atoms with Gasteiger partial charge >= 0.3 is 0 Å². The van der Waals surface area contributed by atoms with Crippen LogP contribution in [0.5, 0.6) is 0 Å². The lowest BCUT2D eigenvalue weighted by Crippen LogP contribution is -2.21. The molecule has 0 amide bonds. The Bertz CT molecular complexity index is 1010. The summed E-state index contributed by atoms with van der Waals surface area (Å²) < 4.78 is 1.85. The fraction of sp³-hybridized carbons (Fsp3) is 0. The second-order valence-electron chi connectivity index (χ2n) is 4.68. The van der Waals surface area contributed by atoms with Gasteiger partial charge in [0.2, 0.25) is 5.78 Å². The van der Waals surface area contributed by atoms with E-state index in [-0.39, 0.29) is 17.2 Å². The van der Waals surface area contributed by atoms with Crippen molar-refractivity contribution >= 4 is 44.2 Å². The number of aromatic nitrogens is 2. The van der Waals surface area contributed by atoms with Crippen molar-refractivity contribution in [2.45, 2.75) is 0 Å². The summed E-state index contributed by atoms with van der Waals surface area (Å²) in [5.41, 5.74) is 1.12. The molecule has 6 heteroatoms. The lowest BCUT2D eigenvalue weighted by molar-refractivity contribution is 0.103. The number of benzene rings is 2. The van der Waals surface area contributed by atoms with Crippen molar-refractivity contribution in [2.75, 3.05) is 0 Å². The number of fused-ring (bicyclic) bond motifs is 4. The molecule has 0 N–H and O–H groups in total. The minimum atomic E-state index is -0.273. The Morgan fingerprint density at radius 3 is 2.67 bits per heavy atom. The van der Waals surface area contributed by atoms with Gasteiger partial charge in [0.25, 0.3) is 5.56 Å². The van der Waals surface area contributed by atoms with Crippen molar-refractivity contribution in [3.8, 4) is 5.69 Å². The fourth-order valence-electron chi connectivity index (χ4n) is 2.55. The summed E-state index contributed by atoms with van der Waals surface area (Å²) in [5.74, 6) is -0.151. The van der Waals surface area contributed by atoms with E-state index in [0.29, 0.717) is 31.6 Å². The van der Waals surface area contributed by atoms with E-state index in [9.17, 15) is 9.59 Å². The summed E-state index contributed by atoms with van der Waals surface area (Å²) in [6.45, 7) is 0. The zero-order valence-corrected chi connectivity index (χ0v) is 12.8. The number of carbonyl (C=O) groups excluding carboxylic acids is 1. The first-order chi connectivity index (χ1) is 10.1. The van der Waals surface area contributed by atoms with Gasteiger partial charge in [-0.1, -0.05) is 23.7 Å². The average Bonchev–Trinajstić information content (AvgIpc) is 2.77. The van der Waals surface area contributed by atoms with E-state index in [2.05, 4.69) is 20.9 Å². The maximum atomic E-state index is 12.7. The molecule has 0 radical (unpaired) electrons. The Balaban J connectivity index is 2.24. The van der Waals surface area contributed by atoms with Crippen LogP contribution < -0.4 is 5.56 Å². The quantitative estimate of drug-likeness (QED) is 0.483. The average molecular weight is 362 g/mol. The largest absolute Gasteiger partial charge is 0.285 e. The van der Waals surface area contributed by atoms with Gasteiger partial charge in [0.05, 0.1) is 31.6 Å². The highest BCUT2D eigenvalue weighted by atomic mass is 79.9. The van der Waals surface area contributed by atoms with E-state index in [1.165, 1.54) is 4.57 Å². The summed E-state index contributed by atoms with van der Waals surface area (Å²) in [7, 11) is 0. The van der Waals surface area contributed by atoms with E-state index in [1.54, 1.807) is 36.4 Å². The van der Waals surface area contributed by atoms with Crippen LogP contribution in [-0.4, -0.2) is 15.3 Å². The highest BCUT2D eigenvalue weighted by Crippen LogP contribution is 2.36. The van der Waals surface area contributed by atoms with Crippen LogP contribution in [0.1, 0.15) is 16.2 Å². The number of nitrogens with zero attached hydrogens (tertiary/aromatic N) is 2. The molecular formula is C15H6BrClN2O2. The molecule has 0 aliphatic carbocycles. The minimum Gasteiger partial charge on any atom is -0.285 e. The Labute approximate surface area is 132 Å². The second kappa shape index (κ2) is 4.26. The van der Waals surface area contributed by atoms with Crippen LogP contribution in [0, 0.1) is 0 Å². The van der Waals surface area contributed by atoms with Crippen molar-refractivity contribution in [1.29, 1.82) is 0 Å². The standard InChI is InChI=1S/C15H6BrClN2O2/c16-11-9(17)6-5-8-12(11)19-14(13(8)20)18-10-4-2-1-3-7(10)15(19)21/h1-6H. The number of ketones is 1. The van der Waals surface area contributed by atoms with Gasteiger partial charge in [0.15, 0.2) is 5.82 Å². The molecule has 0 saturated carbocycles. The zero-order chi connectivity index (χ0) is 14.7. The van der Waals surface area contributed by atoms with Crippen molar-refractivity contribution in [2.24, 2.45) is 0 Å². The monoisotopic (exact) mass is 360 g/mol. The molecule has 1 aromatic heterocycles. The van der Waals surface area contributed by atoms with Crippen LogP contribution in [0.2, 0.25) is 5.02 Å². The number of rotatable bonds is 0. The van der Waals surface area contributed by atoms with Gasteiger partial charge in [-0.3, -0.25) is 14.2 Å². The molecule has 1 aliphatic rings. The Morgan fingerprint density at radius 1 is 1.10 bits per heavy atom. The van der Waals surface area contributed by atoms with Gasteiger partial charge in [-0.25, -0.2) is 4.98 Å². The Kier molecular flexibility index (Phi) is 2.58.